The Labute approximate surface area is 247 Å². The van der Waals surface area contributed by atoms with Crippen LogP contribution in [0.5, 0.6) is 5.75 Å². The lowest BCUT2D eigenvalue weighted by molar-refractivity contribution is -0.134. The maximum Gasteiger partial charge on any atom is 0.323 e. The van der Waals surface area contributed by atoms with Gasteiger partial charge < -0.3 is 40.1 Å². The molecule has 2 heterocycles. The van der Waals surface area contributed by atoms with Gasteiger partial charge in [-0.3, -0.25) is 4.79 Å². The molecule has 1 aliphatic heterocycles. The van der Waals surface area contributed by atoms with E-state index in [2.05, 4.69) is 21.1 Å². The molecule has 0 radical (unpaired) electrons. The smallest absolute Gasteiger partial charge is 0.323 e. The quantitative estimate of drug-likeness (QED) is 0.383. The number of ether oxygens (including phenoxy) is 1. The molecule has 4 rings (SSSR count). The topological polar surface area (TPSA) is 149 Å². The average molecular weight is 585 g/mol. The lowest BCUT2D eigenvalue weighted by atomic mass is 9.96. The molecule has 1 saturated carbocycles. The summed E-state index contributed by atoms with van der Waals surface area (Å²) in [6.45, 7) is 7.74. The summed E-state index contributed by atoms with van der Waals surface area (Å²) in [6.07, 6.45) is 5.04. The third kappa shape index (κ3) is 7.72. The molecule has 0 spiro atoms. The van der Waals surface area contributed by atoms with Crippen LogP contribution < -0.4 is 20.7 Å². The van der Waals surface area contributed by atoms with Gasteiger partial charge in [0, 0.05) is 36.8 Å². The van der Waals surface area contributed by atoms with Crippen molar-refractivity contribution in [1.29, 1.82) is 0 Å². The third-order valence-corrected chi connectivity index (χ3v) is 8.18. The first kappa shape index (κ1) is 31.1. The van der Waals surface area contributed by atoms with Crippen molar-refractivity contribution in [3.63, 3.8) is 0 Å². The fourth-order valence-electron chi connectivity index (χ4n) is 5.55. The summed E-state index contributed by atoms with van der Waals surface area (Å²) in [5, 5.41) is 22.4. The number of anilines is 2. The standard InChI is InChI=1S/C30H44N6O6/c1-18-15-36(19(2)17-37)27(38)14-22-13-24(31-29(39)33-28-20(3)34-42-21(28)4)11-12-25(22)41-26(18)16-35(5)30(40)32-23-9-7-6-8-10-23/h11-13,18-19,23,26,37H,6-10,14-17H2,1-5H3,(H,32,40)(H2,31,33,39)/t18-,19+,26-/m0/s1. The summed E-state index contributed by atoms with van der Waals surface area (Å²) in [5.41, 5.74) is 2.13. The molecule has 230 valence electrons. The van der Waals surface area contributed by atoms with Gasteiger partial charge in [0.05, 0.1) is 25.6 Å². The highest BCUT2D eigenvalue weighted by Gasteiger charge is 2.32. The van der Waals surface area contributed by atoms with E-state index >= 15 is 0 Å². The number of carbonyl (C=O) groups excluding carboxylic acids is 3. The number of hydrogen-bond donors (Lipinski definition) is 4. The molecule has 5 amide bonds. The zero-order chi connectivity index (χ0) is 30.4. The summed E-state index contributed by atoms with van der Waals surface area (Å²) >= 11 is 0. The average Bonchev–Trinajstić information content (AvgIpc) is 3.29. The normalized spacial score (nSPS) is 20.3. The number of amides is 5. The van der Waals surface area contributed by atoms with Gasteiger partial charge in [0.1, 0.15) is 23.2 Å². The van der Waals surface area contributed by atoms with Gasteiger partial charge in [0.2, 0.25) is 5.91 Å². The largest absolute Gasteiger partial charge is 0.488 e. The molecule has 2 aliphatic rings. The summed E-state index contributed by atoms with van der Waals surface area (Å²) in [6, 6.07) is 4.34. The van der Waals surface area contributed by atoms with E-state index in [1.165, 1.54) is 6.42 Å². The molecule has 42 heavy (non-hydrogen) atoms. The van der Waals surface area contributed by atoms with Gasteiger partial charge in [-0.1, -0.05) is 31.3 Å². The summed E-state index contributed by atoms with van der Waals surface area (Å²) < 4.78 is 11.6. The van der Waals surface area contributed by atoms with Gasteiger partial charge >= 0.3 is 12.1 Å². The first-order chi connectivity index (χ1) is 20.0. The minimum Gasteiger partial charge on any atom is -0.488 e. The fourth-order valence-corrected chi connectivity index (χ4v) is 5.55. The van der Waals surface area contributed by atoms with Crippen LogP contribution in [0.3, 0.4) is 0 Å². The number of rotatable bonds is 7. The molecule has 12 heteroatoms. The number of aliphatic hydroxyl groups excluding tert-OH is 1. The minimum absolute atomic E-state index is 0.0259. The Kier molecular flexibility index (Phi) is 10.3. The van der Waals surface area contributed by atoms with E-state index in [-0.39, 0.29) is 36.9 Å². The zero-order valence-electron chi connectivity index (χ0n) is 25.2. The van der Waals surface area contributed by atoms with E-state index < -0.39 is 18.2 Å². The molecular weight excluding hydrogens is 540 g/mol. The molecule has 0 unspecified atom stereocenters. The van der Waals surface area contributed by atoms with E-state index in [1.54, 1.807) is 55.8 Å². The van der Waals surface area contributed by atoms with Crippen molar-refractivity contribution < 1.29 is 28.8 Å². The highest BCUT2D eigenvalue weighted by Crippen LogP contribution is 2.30. The second-order valence-electron chi connectivity index (χ2n) is 11.7. The molecule has 1 fully saturated rings. The SMILES string of the molecule is Cc1noc(C)c1NC(=O)Nc1ccc2c(c1)CC(=O)N([C@H](C)CO)C[C@H](C)[C@H](CN(C)C(=O)NC1CCCCC1)O2. The molecule has 0 bridgehead atoms. The highest BCUT2D eigenvalue weighted by atomic mass is 16.5. The van der Waals surface area contributed by atoms with Gasteiger partial charge in [-0.2, -0.15) is 0 Å². The summed E-state index contributed by atoms with van der Waals surface area (Å²) in [4.78, 5) is 42.6. The number of aromatic nitrogens is 1. The van der Waals surface area contributed by atoms with Gasteiger partial charge in [-0.05, 0) is 51.8 Å². The molecule has 3 atom stereocenters. The lowest BCUT2D eigenvalue weighted by Gasteiger charge is -2.34. The van der Waals surface area contributed by atoms with E-state index in [1.807, 2.05) is 6.92 Å². The Balaban J connectivity index is 1.54. The second-order valence-corrected chi connectivity index (χ2v) is 11.7. The molecule has 1 aliphatic carbocycles. The number of hydrogen-bond acceptors (Lipinski definition) is 7. The zero-order valence-corrected chi connectivity index (χ0v) is 25.2. The second kappa shape index (κ2) is 13.9. The fraction of sp³-hybridized carbons (Fsp3) is 0.600. The molecule has 4 N–H and O–H groups in total. The van der Waals surface area contributed by atoms with E-state index in [0.717, 1.165) is 25.7 Å². The number of nitrogens with one attached hydrogen (secondary N) is 3. The van der Waals surface area contributed by atoms with E-state index in [4.69, 9.17) is 9.26 Å². The lowest BCUT2D eigenvalue weighted by Crippen LogP contribution is -2.50. The van der Waals surface area contributed by atoms with Crippen molar-refractivity contribution in [3.05, 3.63) is 35.2 Å². The molecule has 1 aromatic carbocycles. The van der Waals surface area contributed by atoms with Crippen LogP contribution in [0.25, 0.3) is 0 Å². The summed E-state index contributed by atoms with van der Waals surface area (Å²) in [5.74, 6) is 0.704. The Morgan fingerprint density at radius 3 is 2.60 bits per heavy atom. The number of urea groups is 2. The molecule has 1 aromatic heterocycles. The maximum absolute atomic E-state index is 13.5. The van der Waals surface area contributed by atoms with Gasteiger partial charge in [-0.25, -0.2) is 9.59 Å². The number of likely N-dealkylation sites (N-methyl/N-ethyl adjacent to an activating group) is 1. The minimum atomic E-state index is -0.479. The van der Waals surface area contributed by atoms with Crippen LogP contribution in [0.2, 0.25) is 0 Å². The van der Waals surface area contributed by atoms with Crippen molar-refractivity contribution >= 4 is 29.3 Å². The number of benzene rings is 1. The van der Waals surface area contributed by atoms with Crippen LogP contribution >= 0.6 is 0 Å². The predicted molar refractivity (Wildman–Crippen MR) is 159 cm³/mol. The summed E-state index contributed by atoms with van der Waals surface area (Å²) in [7, 11) is 1.76. The van der Waals surface area contributed by atoms with E-state index in [0.29, 0.717) is 47.2 Å². The van der Waals surface area contributed by atoms with Crippen molar-refractivity contribution in [2.45, 2.75) is 84.4 Å². The Morgan fingerprint density at radius 1 is 1.19 bits per heavy atom. The van der Waals surface area contributed by atoms with Crippen LogP contribution in [0.4, 0.5) is 21.0 Å². The Morgan fingerprint density at radius 2 is 1.93 bits per heavy atom. The molecule has 0 saturated heterocycles. The Bertz CT molecular complexity index is 1240. The van der Waals surface area contributed by atoms with Crippen molar-refractivity contribution in [3.8, 4) is 5.75 Å². The van der Waals surface area contributed by atoms with E-state index in [9.17, 15) is 19.5 Å². The number of carbonyl (C=O) groups is 3. The first-order valence-corrected chi connectivity index (χ1v) is 14.8. The van der Waals surface area contributed by atoms with Crippen molar-refractivity contribution in [1.82, 2.24) is 20.3 Å². The van der Waals surface area contributed by atoms with Crippen molar-refractivity contribution in [2.75, 3.05) is 37.4 Å². The number of aliphatic hydroxyl groups is 1. The number of aryl methyl sites for hydroxylation is 2. The molecular formula is C30H44N6O6. The van der Waals surface area contributed by atoms with Crippen LogP contribution in [0, 0.1) is 19.8 Å². The van der Waals surface area contributed by atoms with Gasteiger partial charge in [0.25, 0.3) is 0 Å². The maximum atomic E-state index is 13.5. The van der Waals surface area contributed by atoms with Crippen LogP contribution in [-0.2, 0) is 11.2 Å². The van der Waals surface area contributed by atoms with Crippen LogP contribution in [0.15, 0.2) is 22.7 Å². The van der Waals surface area contributed by atoms with Crippen LogP contribution in [0.1, 0.15) is 63.0 Å². The number of nitrogens with zero attached hydrogens (tertiary/aromatic N) is 3. The Hall–Kier alpha value is -3.80. The number of fused-ring (bicyclic) bond motifs is 1. The van der Waals surface area contributed by atoms with Crippen LogP contribution in [-0.4, -0.2) is 83.0 Å². The van der Waals surface area contributed by atoms with Gasteiger partial charge in [-0.15, -0.1) is 0 Å². The van der Waals surface area contributed by atoms with Gasteiger partial charge in [0.15, 0.2) is 5.76 Å². The third-order valence-electron chi connectivity index (χ3n) is 8.18. The monoisotopic (exact) mass is 584 g/mol. The molecule has 2 aromatic rings. The first-order valence-electron chi connectivity index (χ1n) is 14.8. The van der Waals surface area contributed by atoms with Crippen molar-refractivity contribution in [2.24, 2.45) is 5.92 Å². The highest BCUT2D eigenvalue weighted by molar-refractivity contribution is 6.00. The molecule has 12 nitrogen and oxygen atoms in total. The predicted octanol–water partition coefficient (Wildman–Crippen LogP) is 4.06.